The molecule has 2 fully saturated rings. The van der Waals surface area contributed by atoms with Gasteiger partial charge in [-0.15, -0.1) is 6.58 Å². The maximum Gasteiger partial charge on any atom is 0.434 e. The predicted molar refractivity (Wildman–Crippen MR) is 141 cm³/mol. The van der Waals surface area contributed by atoms with Crippen molar-refractivity contribution in [2.24, 2.45) is 0 Å². The molecule has 0 radical (unpaired) electrons. The lowest BCUT2D eigenvalue weighted by molar-refractivity contribution is -0.453. The third kappa shape index (κ3) is 4.77. The number of fused-ring (bicyclic) bond motifs is 3. The number of alkyl halides is 3. The number of ether oxygens (including phenoxy) is 1. The van der Waals surface area contributed by atoms with Crippen LogP contribution in [0.3, 0.4) is 0 Å². The fourth-order valence-corrected chi connectivity index (χ4v) is 5.86. The SMILES string of the molecule is C=CC12CCC(C=[N+](c3nc(OCC4CCCN4C)nc4cc(-c5nc(N)cc(F)c5C(F)(F)F)ncc34)C1)N2. The first-order valence-electron chi connectivity index (χ1n) is 13.1. The second kappa shape index (κ2) is 9.73. The number of nitrogens with two attached hydrogens (primary N) is 1. The Bertz CT molecular complexity index is 1530. The van der Waals surface area contributed by atoms with Gasteiger partial charge >= 0.3 is 18.0 Å². The minimum Gasteiger partial charge on any atom is -0.443 e. The van der Waals surface area contributed by atoms with E-state index < -0.39 is 29.1 Å². The maximum atomic E-state index is 14.5. The highest BCUT2D eigenvalue weighted by Crippen LogP contribution is 2.39. The second-order valence-corrected chi connectivity index (χ2v) is 10.7. The third-order valence-electron chi connectivity index (χ3n) is 7.98. The normalized spacial score (nSPS) is 24.9. The van der Waals surface area contributed by atoms with Gasteiger partial charge in [0, 0.05) is 23.3 Å². The van der Waals surface area contributed by atoms with Crippen LogP contribution in [0.5, 0.6) is 6.01 Å². The highest BCUT2D eigenvalue weighted by atomic mass is 19.4. The van der Waals surface area contributed by atoms with Gasteiger partial charge in [-0.3, -0.25) is 10.3 Å². The monoisotopic (exact) mass is 557 g/mol. The van der Waals surface area contributed by atoms with Crippen molar-refractivity contribution < 1.29 is 26.9 Å². The van der Waals surface area contributed by atoms with Crippen molar-refractivity contribution in [2.45, 2.75) is 49.5 Å². The Labute approximate surface area is 227 Å². The van der Waals surface area contributed by atoms with E-state index in [0.717, 1.165) is 32.2 Å². The van der Waals surface area contributed by atoms with Crippen molar-refractivity contribution in [3.8, 4) is 17.4 Å². The average Bonchev–Trinajstić information content (AvgIpc) is 3.46. The molecule has 3 aliphatic rings. The largest absolute Gasteiger partial charge is 0.443 e. The second-order valence-electron chi connectivity index (χ2n) is 10.7. The first-order valence-corrected chi connectivity index (χ1v) is 13.1. The van der Waals surface area contributed by atoms with E-state index >= 15 is 0 Å². The number of aromatic nitrogens is 4. The first-order chi connectivity index (χ1) is 19.0. The fourth-order valence-electron chi connectivity index (χ4n) is 5.86. The number of anilines is 1. The molecule has 3 aromatic rings. The third-order valence-corrected chi connectivity index (χ3v) is 7.98. The molecule has 3 N–H and O–H groups in total. The summed E-state index contributed by atoms with van der Waals surface area (Å²) >= 11 is 0. The summed E-state index contributed by atoms with van der Waals surface area (Å²) in [5.41, 5.74) is 3.13. The van der Waals surface area contributed by atoms with Gasteiger partial charge in [-0.2, -0.15) is 18.2 Å². The number of nitrogen functional groups attached to an aromatic ring is 1. The van der Waals surface area contributed by atoms with Crippen LogP contribution < -0.4 is 15.8 Å². The summed E-state index contributed by atoms with van der Waals surface area (Å²) in [6.45, 7) is 5.90. The average molecular weight is 558 g/mol. The van der Waals surface area contributed by atoms with Gasteiger partial charge in [0.25, 0.3) is 0 Å². The molecule has 6 heterocycles. The number of likely N-dealkylation sites (tertiary alicyclic amines) is 1. The van der Waals surface area contributed by atoms with Gasteiger partial charge in [-0.25, -0.2) is 13.9 Å². The quantitative estimate of drug-likeness (QED) is 0.269. The molecule has 13 heteroatoms. The molecule has 210 valence electrons. The Morgan fingerprint density at radius 2 is 2.10 bits per heavy atom. The number of rotatable bonds is 6. The number of hydrogen-bond acceptors (Lipinski definition) is 8. The van der Waals surface area contributed by atoms with E-state index in [2.05, 4.69) is 31.7 Å². The van der Waals surface area contributed by atoms with E-state index in [9.17, 15) is 17.6 Å². The predicted octanol–water partition coefficient (Wildman–Crippen LogP) is 3.71. The number of likely N-dealkylation sites (N-methyl/N-ethyl adjacent to an activating group) is 1. The standard InChI is InChI=1S/C27H29F4N8O/c1-3-26-7-6-15(37-26)12-39(14-26)24-17-11-33-20(23-22(27(29,30)31)18(28)9-21(32)35-23)10-19(17)34-25(36-24)40-13-16-5-4-8-38(16)2/h3,9-12,15-16,37H,1,4-8,13-14H2,2H3,(H2,32,35)/q+1. The van der Waals surface area contributed by atoms with Gasteiger partial charge in [0.15, 0.2) is 0 Å². The molecule has 3 aliphatic heterocycles. The minimum absolute atomic E-state index is 0.0923. The molecule has 3 aromatic heterocycles. The number of pyridine rings is 2. The van der Waals surface area contributed by atoms with Crippen molar-refractivity contribution in [3.05, 3.63) is 42.4 Å². The number of hydrogen-bond donors (Lipinski definition) is 2. The van der Waals surface area contributed by atoms with Gasteiger partial charge in [0.2, 0.25) is 0 Å². The Morgan fingerprint density at radius 3 is 2.83 bits per heavy atom. The van der Waals surface area contributed by atoms with Crippen LogP contribution >= 0.6 is 0 Å². The van der Waals surface area contributed by atoms with Crippen LogP contribution in [0.15, 0.2) is 31.0 Å². The lowest BCUT2D eigenvalue weighted by Crippen LogP contribution is -2.52. The molecule has 0 spiro atoms. The molecule has 0 saturated carbocycles. The molecular weight excluding hydrogens is 528 g/mol. The van der Waals surface area contributed by atoms with E-state index in [1.54, 1.807) is 0 Å². The van der Waals surface area contributed by atoms with Gasteiger partial charge < -0.3 is 15.4 Å². The number of halogens is 4. The molecule has 2 saturated heterocycles. The molecular formula is C27H29F4N8O+. The van der Waals surface area contributed by atoms with Crippen LogP contribution in [0, 0.1) is 5.82 Å². The highest BCUT2D eigenvalue weighted by Gasteiger charge is 2.44. The first kappa shape index (κ1) is 26.5. The van der Waals surface area contributed by atoms with Crippen molar-refractivity contribution in [3.63, 3.8) is 0 Å². The zero-order valence-corrected chi connectivity index (χ0v) is 21.9. The maximum absolute atomic E-state index is 14.5. The Kier molecular flexibility index (Phi) is 6.45. The van der Waals surface area contributed by atoms with Gasteiger partial charge in [-0.05, 0) is 45.3 Å². The lowest BCUT2D eigenvalue weighted by Gasteiger charge is -2.29. The van der Waals surface area contributed by atoms with Crippen LogP contribution in [0.4, 0.5) is 29.2 Å². The van der Waals surface area contributed by atoms with Gasteiger partial charge in [0.05, 0.1) is 29.0 Å². The number of nitrogens with zero attached hydrogens (tertiary/aromatic N) is 6. The zero-order valence-electron chi connectivity index (χ0n) is 21.9. The molecule has 3 atom stereocenters. The summed E-state index contributed by atoms with van der Waals surface area (Å²) in [5.74, 6) is -1.40. The molecule has 0 aromatic carbocycles. The molecule has 2 bridgehead atoms. The fraction of sp³-hybridized carbons (Fsp3) is 0.444. The van der Waals surface area contributed by atoms with E-state index in [0.29, 0.717) is 30.4 Å². The van der Waals surface area contributed by atoms with Crippen LogP contribution in [0.2, 0.25) is 0 Å². The summed E-state index contributed by atoms with van der Waals surface area (Å²) in [4.78, 5) is 19.5. The minimum atomic E-state index is -5.01. The molecule has 0 aliphatic carbocycles. The molecule has 3 unspecified atom stereocenters. The smallest absolute Gasteiger partial charge is 0.434 e. The van der Waals surface area contributed by atoms with Crippen LogP contribution in [0.1, 0.15) is 31.2 Å². The van der Waals surface area contributed by atoms with E-state index in [1.165, 1.54) is 12.3 Å². The van der Waals surface area contributed by atoms with Crippen molar-refractivity contribution >= 4 is 28.8 Å². The Morgan fingerprint density at radius 1 is 1.27 bits per heavy atom. The van der Waals surface area contributed by atoms with Gasteiger partial charge in [-0.1, -0.05) is 6.08 Å². The highest BCUT2D eigenvalue weighted by molar-refractivity contribution is 5.88. The summed E-state index contributed by atoms with van der Waals surface area (Å²) < 4.78 is 64.0. The van der Waals surface area contributed by atoms with Crippen molar-refractivity contribution in [1.82, 2.24) is 30.2 Å². The molecule has 0 amide bonds. The van der Waals surface area contributed by atoms with E-state index in [-0.39, 0.29) is 34.8 Å². The van der Waals surface area contributed by atoms with Crippen LogP contribution in [0.25, 0.3) is 22.3 Å². The molecule has 40 heavy (non-hydrogen) atoms. The topological polar surface area (TPSA) is 105 Å². The van der Waals surface area contributed by atoms with Crippen LogP contribution in [-0.4, -0.2) is 80.0 Å². The Hall–Kier alpha value is -3.71. The van der Waals surface area contributed by atoms with Crippen molar-refractivity contribution in [1.29, 1.82) is 0 Å². The number of nitrogens with one attached hydrogen (secondary N) is 1. The molecule has 6 rings (SSSR count). The van der Waals surface area contributed by atoms with E-state index in [4.69, 9.17) is 15.5 Å². The summed E-state index contributed by atoms with van der Waals surface area (Å²) in [7, 11) is 2.03. The zero-order chi connectivity index (χ0) is 28.2. The van der Waals surface area contributed by atoms with Crippen molar-refractivity contribution in [2.75, 3.05) is 32.5 Å². The van der Waals surface area contributed by atoms with Gasteiger partial charge in [0.1, 0.15) is 41.4 Å². The summed E-state index contributed by atoms with van der Waals surface area (Å²) in [5, 5.41) is 4.07. The molecule has 9 nitrogen and oxygen atoms in total. The van der Waals surface area contributed by atoms with E-state index in [1.807, 2.05) is 23.9 Å². The van der Waals surface area contributed by atoms with Crippen LogP contribution in [-0.2, 0) is 6.18 Å². The Balaban J connectivity index is 1.48. The summed E-state index contributed by atoms with van der Waals surface area (Å²) in [6.07, 6.45) is 4.19. The summed E-state index contributed by atoms with van der Waals surface area (Å²) in [6, 6.07) is 2.29. The lowest BCUT2D eigenvalue weighted by atomic mass is 9.97.